The Bertz CT molecular complexity index is 1190. The summed E-state index contributed by atoms with van der Waals surface area (Å²) in [6.45, 7) is 6.65. The van der Waals surface area contributed by atoms with E-state index >= 15 is 0 Å². The van der Waals surface area contributed by atoms with E-state index in [-0.39, 0.29) is 5.91 Å². The van der Waals surface area contributed by atoms with Crippen molar-refractivity contribution < 1.29 is 4.79 Å². The first kappa shape index (κ1) is 20.6. The molecule has 152 valence electrons. The number of hydrogen-bond acceptors (Lipinski definition) is 5. The number of anilines is 1. The first-order valence-corrected chi connectivity index (χ1v) is 11.7. The number of fused-ring (bicyclic) bond motifs is 1. The molecule has 0 radical (unpaired) electrons. The van der Waals surface area contributed by atoms with Crippen LogP contribution in [0, 0.1) is 13.8 Å². The van der Waals surface area contributed by atoms with Gasteiger partial charge >= 0.3 is 0 Å². The highest BCUT2D eigenvalue weighted by molar-refractivity contribution is 7.99. The maximum absolute atomic E-state index is 13.6. The van der Waals surface area contributed by atoms with E-state index in [2.05, 4.69) is 37.9 Å². The molecule has 2 heterocycles. The Morgan fingerprint density at radius 3 is 2.73 bits per heavy atom. The highest BCUT2D eigenvalue weighted by Gasteiger charge is 2.23. The van der Waals surface area contributed by atoms with Gasteiger partial charge in [-0.2, -0.15) is 0 Å². The van der Waals surface area contributed by atoms with Crippen molar-refractivity contribution in [3.8, 4) is 0 Å². The number of aryl methyl sites for hydroxylation is 2. The van der Waals surface area contributed by atoms with Crippen LogP contribution < -0.4 is 4.90 Å². The van der Waals surface area contributed by atoms with E-state index < -0.39 is 0 Å². The number of carbonyl (C=O) groups excluding carboxylic acids is 1. The standard InChI is InChI=1S/C24H23N3OS2/c1-4-29-20-10-7-8-18(14-20)23(28)27(15-19-9-5-6-11-25-19)24-26-21-13-16(2)12-17(3)22(21)30-24/h5-14H,4,15H2,1-3H3. The fourth-order valence-corrected chi connectivity index (χ4v) is 5.13. The Labute approximate surface area is 185 Å². The lowest BCUT2D eigenvalue weighted by Crippen LogP contribution is -2.30. The molecule has 4 aromatic rings. The van der Waals surface area contributed by atoms with Crippen LogP contribution in [-0.4, -0.2) is 21.6 Å². The third kappa shape index (κ3) is 4.40. The minimum Gasteiger partial charge on any atom is -0.278 e. The van der Waals surface area contributed by atoms with Crippen LogP contribution >= 0.6 is 23.1 Å². The summed E-state index contributed by atoms with van der Waals surface area (Å²) in [5, 5.41) is 0.697. The Balaban J connectivity index is 1.77. The SMILES string of the molecule is CCSc1cccc(C(=O)N(Cc2ccccn2)c2nc3cc(C)cc(C)c3s2)c1. The van der Waals surface area contributed by atoms with Crippen LogP contribution in [0.4, 0.5) is 5.13 Å². The lowest BCUT2D eigenvalue weighted by molar-refractivity contribution is 0.0984. The number of carbonyl (C=O) groups is 1. The van der Waals surface area contributed by atoms with E-state index in [1.165, 1.54) is 11.1 Å². The van der Waals surface area contributed by atoms with Gasteiger partial charge in [0, 0.05) is 16.7 Å². The summed E-state index contributed by atoms with van der Waals surface area (Å²) in [4.78, 5) is 25.7. The smallest absolute Gasteiger partial charge is 0.260 e. The van der Waals surface area contributed by atoms with Crippen molar-refractivity contribution in [2.24, 2.45) is 0 Å². The highest BCUT2D eigenvalue weighted by Crippen LogP contribution is 2.33. The number of aromatic nitrogens is 2. The van der Waals surface area contributed by atoms with Crippen LogP contribution in [0.3, 0.4) is 0 Å². The van der Waals surface area contributed by atoms with Crippen molar-refractivity contribution >= 4 is 44.4 Å². The molecule has 0 N–H and O–H groups in total. The molecule has 0 aliphatic rings. The van der Waals surface area contributed by atoms with Gasteiger partial charge in [-0.3, -0.25) is 14.7 Å². The van der Waals surface area contributed by atoms with Gasteiger partial charge in [0.15, 0.2) is 5.13 Å². The summed E-state index contributed by atoms with van der Waals surface area (Å²) < 4.78 is 1.12. The number of thioether (sulfide) groups is 1. The minimum absolute atomic E-state index is 0.0624. The molecule has 4 nitrogen and oxygen atoms in total. The van der Waals surface area contributed by atoms with E-state index in [0.29, 0.717) is 17.2 Å². The normalized spacial score (nSPS) is 11.0. The monoisotopic (exact) mass is 433 g/mol. The Morgan fingerprint density at radius 1 is 1.10 bits per heavy atom. The molecule has 0 aliphatic carbocycles. The van der Waals surface area contributed by atoms with Gasteiger partial charge in [-0.25, -0.2) is 4.98 Å². The zero-order valence-electron chi connectivity index (χ0n) is 17.3. The predicted molar refractivity (Wildman–Crippen MR) is 127 cm³/mol. The third-order valence-electron chi connectivity index (χ3n) is 4.72. The second-order valence-electron chi connectivity index (χ2n) is 7.10. The Hall–Kier alpha value is -2.70. The maximum atomic E-state index is 13.6. The summed E-state index contributed by atoms with van der Waals surface area (Å²) in [7, 11) is 0. The van der Waals surface area contributed by atoms with E-state index in [9.17, 15) is 4.79 Å². The van der Waals surface area contributed by atoms with Gasteiger partial charge in [-0.05, 0) is 67.1 Å². The van der Waals surface area contributed by atoms with Crippen LogP contribution in [0.2, 0.25) is 0 Å². The molecule has 6 heteroatoms. The first-order chi connectivity index (χ1) is 14.5. The van der Waals surface area contributed by atoms with Gasteiger partial charge in [0.05, 0.1) is 22.5 Å². The van der Waals surface area contributed by atoms with Crippen LogP contribution in [0.15, 0.2) is 65.7 Å². The van der Waals surface area contributed by atoms with Crippen LogP contribution in [0.25, 0.3) is 10.2 Å². The zero-order chi connectivity index (χ0) is 21.1. The molecule has 2 aromatic heterocycles. The van der Waals surface area contributed by atoms with E-state index in [1.54, 1.807) is 34.2 Å². The number of nitrogens with zero attached hydrogens (tertiary/aromatic N) is 3. The molecule has 0 saturated carbocycles. The van der Waals surface area contributed by atoms with Crippen LogP contribution in [0.5, 0.6) is 0 Å². The predicted octanol–water partition coefficient (Wildman–Crippen LogP) is 6.27. The number of hydrogen-bond donors (Lipinski definition) is 0. The molecule has 0 unspecified atom stereocenters. The second-order valence-corrected chi connectivity index (χ2v) is 9.41. The number of rotatable bonds is 6. The largest absolute Gasteiger partial charge is 0.278 e. The highest BCUT2D eigenvalue weighted by atomic mass is 32.2. The van der Waals surface area contributed by atoms with Gasteiger partial charge in [-0.1, -0.05) is 36.5 Å². The molecule has 0 saturated heterocycles. The van der Waals surface area contributed by atoms with Gasteiger partial charge in [0.25, 0.3) is 5.91 Å². The van der Waals surface area contributed by atoms with Crippen molar-refractivity contribution in [1.29, 1.82) is 0 Å². The summed E-state index contributed by atoms with van der Waals surface area (Å²) in [6, 6.07) is 17.8. The minimum atomic E-state index is -0.0624. The molecule has 0 bridgehead atoms. The molecular weight excluding hydrogens is 410 g/mol. The quantitative estimate of drug-likeness (QED) is 0.336. The number of amides is 1. The van der Waals surface area contributed by atoms with Gasteiger partial charge in [-0.15, -0.1) is 11.8 Å². The van der Waals surface area contributed by atoms with Crippen molar-refractivity contribution in [1.82, 2.24) is 9.97 Å². The van der Waals surface area contributed by atoms with E-state index in [0.717, 1.165) is 26.6 Å². The number of pyridine rings is 1. The fraction of sp³-hybridized carbons (Fsp3) is 0.208. The third-order valence-corrected chi connectivity index (χ3v) is 6.83. The van der Waals surface area contributed by atoms with Gasteiger partial charge in [0.1, 0.15) is 0 Å². The summed E-state index contributed by atoms with van der Waals surface area (Å²) in [5.41, 5.74) is 4.78. The Kier molecular flexibility index (Phi) is 6.16. The van der Waals surface area contributed by atoms with Crippen molar-refractivity contribution in [2.45, 2.75) is 32.2 Å². The molecule has 0 aliphatic heterocycles. The molecule has 30 heavy (non-hydrogen) atoms. The molecule has 4 rings (SSSR count). The van der Waals surface area contributed by atoms with E-state index in [4.69, 9.17) is 4.98 Å². The summed E-state index contributed by atoms with van der Waals surface area (Å²) >= 11 is 3.29. The second kappa shape index (κ2) is 8.98. The van der Waals surface area contributed by atoms with Gasteiger partial charge in [0.2, 0.25) is 0 Å². The average Bonchev–Trinajstić information content (AvgIpc) is 3.17. The van der Waals surface area contributed by atoms with Crippen LogP contribution in [0.1, 0.15) is 34.1 Å². The van der Waals surface area contributed by atoms with Gasteiger partial charge < -0.3 is 0 Å². The average molecular weight is 434 g/mol. The van der Waals surface area contributed by atoms with E-state index in [1.807, 2.05) is 42.5 Å². The van der Waals surface area contributed by atoms with Crippen LogP contribution in [-0.2, 0) is 6.54 Å². The lowest BCUT2D eigenvalue weighted by Gasteiger charge is -2.20. The molecule has 0 atom stereocenters. The maximum Gasteiger partial charge on any atom is 0.260 e. The summed E-state index contributed by atoms with van der Waals surface area (Å²) in [5.74, 6) is 0.902. The fourth-order valence-electron chi connectivity index (χ4n) is 3.40. The molecular formula is C24H23N3OS2. The van der Waals surface area contributed by atoms with Crippen molar-refractivity contribution in [3.63, 3.8) is 0 Å². The molecule has 0 fully saturated rings. The van der Waals surface area contributed by atoms with Crippen molar-refractivity contribution in [2.75, 3.05) is 10.7 Å². The zero-order valence-corrected chi connectivity index (χ0v) is 18.9. The molecule has 0 spiro atoms. The number of thiazole rings is 1. The Morgan fingerprint density at radius 2 is 1.97 bits per heavy atom. The number of benzene rings is 2. The van der Waals surface area contributed by atoms with Crippen molar-refractivity contribution in [3.05, 3.63) is 83.2 Å². The summed E-state index contributed by atoms with van der Waals surface area (Å²) in [6.07, 6.45) is 1.75. The molecule has 1 amide bonds. The lowest BCUT2D eigenvalue weighted by atomic mass is 10.1. The topological polar surface area (TPSA) is 46.1 Å². The molecule has 2 aromatic carbocycles. The first-order valence-electron chi connectivity index (χ1n) is 9.87.